The van der Waals surface area contributed by atoms with E-state index in [0.717, 1.165) is 5.56 Å². The van der Waals surface area contributed by atoms with Crippen LogP contribution in [0.4, 0.5) is 5.82 Å². The van der Waals surface area contributed by atoms with Crippen molar-refractivity contribution in [2.45, 2.75) is 20.0 Å². The van der Waals surface area contributed by atoms with Crippen LogP contribution >= 0.6 is 23.2 Å². The molecule has 0 aliphatic carbocycles. The zero-order valence-corrected chi connectivity index (χ0v) is 14.4. The number of halogens is 2. The van der Waals surface area contributed by atoms with E-state index in [1.54, 1.807) is 10.9 Å². The van der Waals surface area contributed by atoms with Gasteiger partial charge in [0.2, 0.25) is 0 Å². The van der Waals surface area contributed by atoms with Gasteiger partial charge in [0.25, 0.3) is 5.91 Å². The average molecular weight is 364 g/mol. The molecule has 3 aromatic rings. The van der Waals surface area contributed by atoms with Gasteiger partial charge < -0.3 is 5.32 Å². The quantitative estimate of drug-likeness (QED) is 0.751. The molecule has 0 bridgehead atoms. The van der Waals surface area contributed by atoms with Crippen molar-refractivity contribution in [2.24, 2.45) is 0 Å². The second kappa shape index (κ2) is 7.07. The molecular formula is C16H15Cl2N5O. The van der Waals surface area contributed by atoms with E-state index in [0.29, 0.717) is 18.1 Å². The van der Waals surface area contributed by atoms with Crippen LogP contribution in [0.15, 0.2) is 42.7 Å². The van der Waals surface area contributed by atoms with Crippen molar-refractivity contribution in [3.05, 3.63) is 64.0 Å². The Morgan fingerprint density at radius 3 is 2.67 bits per heavy atom. The molecule has 0 fully saturated rings. The first-order chi connectivity index (χ1) is 11.6. The van der Waals surface area contributed by atoms with Crippen LogP contribution in [0, 0.1) is 0 Å². The van der Waals surface area contributed by atoms with Gasteiger partial charge >= 0.3 is 0 Å². The summed E-state index contributed by atoms with van der Waals surface area (Å²) >= 11 is 12.2. The molecule has 124 valence electrons. The topological polar surface area (TPSA) is 64.7 Å². The van der Waals surface area contributed by atoms with Crippen LogP contribution in [0.1, 0.15) is 23.0 Å². The first-order valence-corrected chi connectivity index (χ1v) is 8.13. The van der Waals surface area contributed by atoms with Crippen molar-refractivity contribution >= 4 is 34.9 Å². The zero-order chi connectivity index (χ0) is 17.1. The first-order valence-electron chi connectivity index (χ1n) is 7.38. The fourth-order valence-corrected chi connectivity index (χ4v) is 2.75. The van der Waals surface area contributed by atoms with Crippen molar-refractivity contribution in [2.75, 3.05) is 5.32 Å². The molecule has 6 nitrogen and oxygen atoms in total. The molecule has 0 aliphatic rings. The van der Waals surface area contributed by atoms with Gasteiger partial charge in [0.05, 0.1) is 17.8 Å². The molecule has 24 heavy (non-hydrogen) atoms. The summed E-state index contributed by atoms with van der Waals surface area (Å²) in [5, 5.41) is 11.7. The largest absolute Gasteiger partial charge is 0.302 e. The number of aromatic nitrogens is 4. The van der Waals surface area contributed by atoms with Crippen LogP contribution < -0.4 is 5.32 Å². The smallest absolute Gasteiger partial charge is 0.276 e. The number of aryl methyl sites for hydroxylation is 1. The van der Waals surface area contributed by atoms with Gasteiger partial charge in [-0.25, -0.2) is 0 Å². The molecule has 0 saturated carbocycles. The molecular weight excluding hydrogens is 349 g/mol. The van der Waals surface area contributed by atoms with Crippen molar-refractivity contribution in [1.29, 1.82) is 0 Å². The van der Waals surface area contributed by atoms with E-state index in [1.807, 2.05) is 37.3 Å². The van der Waals surface area contributed by atoms with E-state index in [2.05, 4.69) is 15.5 Å². The number of hydrogen-bond acceptors (Lipinski definition) is 3. The van der Waals surface area contributed by atoms with Gasteiger partial charge in [-0.05, 0) is 12.5 Å². The summed E-state index contributed by atoms with van der Waals surface area (Å²) in [7, 11) is 0. The highest BCUT2D eigenvalue weighted by Crippen LogP contribution is 2.22. The Labute approximate surface area is 149 Å². The van der Waals surface area contributed by atoms with Gasteiger partial charge in [-0.2, -0.15) is 10.2 Å². The third-order valence-electron chi connectivity index (χ3n) is 3.45. The fourth-order valence-electron chi connectivity index (χ4n) is 2.33. The molecule has 0 radical (unpaired) electrons. The number of carbonyl (C=O) groups is 1. The highest BCUT2D eigenvalue weighted by atomic mass is 35.5. The van der Waals surface area contributed by atoms with Crippen molar-refractivity contribution in [3.63, 3.8) is 0 Å². The molecule has 1 aromatic carbocycles. The number of carbonyl (C=O) groups excluding carboxylic acids is 1. The summed E-state index contributed by atoms with van der Waals surface area (Å²) in [6.07, 6.45) is 3.11. The Morgan fingerprint density at radius 2 is 1.96 bits per heavy atom. The van der Waals surface area contributed by atoms with Crippen molar-refractivity contribution in [3.8, 4) is 0 Å². The van der Waals surface area contributed by atoms with Crippen LogP contribution in [0.25, 0.3) is 0 Å². The number of hydrogen-bond donors (Lipinski definition) is 1. The second-order valence-corrected chi connectivity index (χ2v) is 5.93. The first kappa shape index (κ1) is 16.5. The summed E-state index contributed by atoms with van der Waals surface area (Å²) in [6, 6.07) is 9.85. The second-order valence-electron chi connectivity index (χ2n) is 5.12. The Morgan fingerprint density at radius 1 is 1.21 bits per heavy atom. The third kappa shape index (κ3) is 3.44. The summed E-state index contributed by atoms with van der Waals surface area (Å²) in [4.78, 5) is 12.4. The summed E-state index contributed by atoms with van der Waals surface area (Å²) in [5.41, 5.74) is 1.37. The summed E-state index contributed by atoms with van der Waals surface area (Å²) < 4.78 is 3.19. The van der Waals surface area contributed by atoms with E-state index in [-0.39, 0.29) is 16.5 Å². The maximum Gasteiger partial charge on any atom is 0.276 e. The molecule has 3 rings (SSSR count). The SMILES string of the molecule is CCn1ncc(Cl)c1C(=O)Nc1nn(Cc2ccccc2)cc1Cl. The lowest BCUT2D eigenvalue weighted by molar-refractivity contribution is 0.101. The van der Waals surface area contributed by atoms with Gasteiger partial charge in [-0.1, -0.05) is 53.5 Å². The van der Waals surface area contributed by atoms with Gasteiger partial charge in [0.15, 0.2) is 5.82 Å². The summed E-state index contributed by atoms with van der Waals surface area (Å²) in [6.45, 7) is 2.97. The molecule has 0 aliphatic heterocycles. The molecule has 1 amide bonds. The molecule has 0 spiro atoms. The van der Waals surface area contributed by atoms with E-state index >= 15 is 0 Å². The highest BCUT2D eigenvalue weighted by Gasteiger charge is 2.19. The lowest BCUT2D eigenvalue weighted by Crippen LogP contribution is -2.18. The lowest BCUT2D eigenvalue weighted by atomic mass is 10.2. The fraction of sp³-hybridized carbons (Fsp3) is 0.188. The molecule has 2 aromatic heterocycles. The molecule has 2 heterocycles. The zero-order valence-electron chi connectivity index (χ0n) is 12.9. The Kier molecular flexibility index (Phi) is 4.87. The number of amides is 1. The van der Waals surface area contributed by atoms with Crippen LogP contribution in [-0.2, 0) is 13.1 Å². The van der Waals surface area contributed by atoms with Gasteiger partial charge in [-0.15, -0.1) is 0 Å². The molecule has 0 saturated heterocycles. The Bertz CT molecular complexity index is 857. The maximum atomic E-state index is 12.4. The monoisotopic (exact) mass is 363 g/mol. The minimum atomic E-state index is -0.397. The van der Waals surface area contributed by atoms with Crippen molar-refractivity contribution in [1.82, 2.24) is 19.6 Å². The number of nitrogens with zero attached hydrogens (tertiary/aromatic N) is 4. The van der Waals surface area contributed by atoms with E-state index < -0.39 is 5.91 Å². The van der Waals surface area contributed by atoms with E-state index in [9.17, 15) is 4.79 Å². The predicted octanol–water partition coefficient (Wildman–Crippen LogP) is 3.71. The number of rotatable bonds is 5. The summed E-state index contributed by atoms with van der Waals surface area (Å²) in [5.74, 6) is -0.108. The maximum absolute atomic E-state index is 12.4. The lowest BCUT2D eigenvalue weighted by Gasteiger charge is -2.05. The normalized spacial score (nSPS) is 10.8. The van der Waals surface area contributed by atoms with Crippen LogP contribution in [0.2, 0.25) is 10.0 Å². The van der Waals surface area contributed by atoms with Crippen LogP contribution in [-0.4, -0.2) is 25.5 Å². The van der Waals surface area contributed by atoms with Crippen LogP contribution in [0.5, 0.6) is 0 Å². The van der Waals surface area contributed by atoms with Crippen molar-refractivity contribution < 1.29 is 4.79 Å². The predicted molar refractivity (Wildman–Crippen MR) is 93.6 cm³/mol. The average Bonchev–Trinajstić information content (AvgIpc) is 3.11. The number of benzene rings is 1. The molecule has 0 atom stereocenters. The van der Waals surface area contributed by atoms with E-state index in [1.165, 1.54) is 10.9 Å². The van der Waals surface area contributed by atoms with Gasteiger partial charge in [-0.3, -0.25) is 14.2 Å². The van der Waals surface area contributed by atoms with Gasteiger partial charge in [0, 0.05) is 12.7 Å². The number of anilines is 1. The Hall–Kier alpha value is -2.31. The molecule has 0 unspecified atom stereocenters. The van der Waals surface area contributed by atoms with E-state index in [4.69, 9.17) is 23.2 Å². The molecule has 8 heteroatoms. The van der Waals surface area contributed by atoms with Crippen LogP contribution in [0.3, 0.4) is 0 Å². The molecule has 1 N–H and O–H groups in total. The minimum absolute atomic E-state index is 0.285. The Balaban J connectivity index is 1.78. The number of nitrogens with one attached hydrogen (secondary N) is 1. The standard InChI is InChI=1S/C16H15Cl2N5O/c1-2-23-14(12(17)8-19-23)16(24)20-15-13(18)10-22(21-15)9-11-6-4-3-5-7-11/h3-8,10H,2,9H2,1H3,(H,20,21,24). The highest BCUT2D eigenvalue weighted by molar-refractivity contribution is 6.35. The third-order valence-corrected chi connectivity index (χ3v) is 4.00. The minimum Gasteiger partial charge on any atom is -0.302 e. The van der Waals surface area contributed by atoms with Gasteiger partial charge in [0.1, 0.15) is 10.7 Å².